The number of hydrogen-bond donors (Lipinski definition) is 1. The van der Waals surface area contributed by atoms with Crippen LogP contribution in [0, 0.1) is 0 Å². The molecule has 14 heavy (non-hydrogen) atoms. The second kappa shape index (κ2) is 3.67. The molecule has 0 bridgehead atoms. The Kier molecular flexibility index (Phi) is 2.52. The lowest BCUT2D eigenvalue weighted by Crippen LogP contribution is -1.89. The number of thiophene rings is 1. The van der Waals surface area contributed by atoms with Crippen LogP contribution in [-0.4, -0.2) is 11.7 Å². The van der Waals surface area contributed by atoms with Crippen LogP contribution < -0.4 is 4.74 Å². The van der Waals surface area contributed by atoms with Crippen LogP contribution in [0.15, 0.2) is 18.2 Å². The van der Waals surface area contributed by atoms with Crippen molar-refractivity contribution in [3.05, 3.63) is 23.2 Å². The maximum atomic E-state index is 9.41. The van der Waals surface area contributed by atoms with Crippen molar-refractivity contribution in [3.63, 3.8) is 0 Å². The molecule has 1 N–H and O–H groups in total. The van der Waals surface area contributed by atoms with E-state index in [1.807, 2.05) is 25.1 Å². The van der Waals surface area contributed by atoms with E-state index < -0.39 is 0 Å². The largest absolute Gasteiger partial charge is 0.498 e. The Morgan fingerprint density at radius 3 is 3.00 bits per heavy atom. The predicted octanol–water partition coefficient (Wildman–Crippen LogP) is 3.66. The van der Waals surface area contributed by atoms with Gasteiger partial charge in [-0.2, -0.15) is 0 Å². The maximum Gasteiger partial charge on any atom is 0.191 e. The fraction of sp³-hybridized carbons (Fsp3) is 0.200. The van der Waals surface area contributed by atoms with Crippen molar-refractivity contribution >= 4 is 33.0 Å². The number of halogens is 1. The van der Waals surface area contributed by atoms with Crippen LogP contribution in [0.5, 0.6) is 10.8 Å². The first-order valence-electron chi connectivity index (χ1n) is 4.26. The van der Waals surface area contributed by atoms with Crippen LogP contribution in [0.3, 0.4) is 0 Å². The lowest BCUT2D eigenvalue weighted by molar-refractivity contribution is 0.341. The summed E-state index contributed by atoms with van der Waals surface area (Å²) in [4.78, 5) is 0. The van der Waals surface area contributed by atoms with E-state index in [0.717, 1.165) is 15.8 Å². The number of rotatable bonds is 2. The van der Waals surface area contributed by atoms with Gasteiger partial charge in [0.2, 0.25) is 0 Å². The Bertz CT molecular complexity index is 464. The lowest BCUT2D eigenvalue weighted by atomic mass is 10.2. The maximum absolute atomic E-state index is 9.41. The summed E-state index contributed by atoms with van der Waals surface area (Å²) in [7, 11) is 0. The normalized spacial score (nSPS) is 10.7. The van der Waals surface area contributed by atoms with Gasteiger partial charge in [0, 0.05) is 10.1 Å². The average molecular weight is 229 g/mol. The van der Waals surface area contributed by atoms with Gasteiger partial charge in [-0.15, -0.1) is 0 Å². The minimum atomic E-state index is 0.162. The monoisotopic (exact) mass is 228 g/mol. The highest BCUT2D eigenvalue weighted by atomic mass is 35.5. The van der Waals surface area contributed by atoms with Crippen molar-refractivity contribution in [2.24, 2.45) is 0 Å². The molecule has 0 aliphatic heterocycles. The number of benzene rings is 1. The number of ether oxygens (including phenoxy) is 1. The van der Waals surface area contributed by atoms with Crippen molar-refractivity contribution in [3.8, 4) is 10.8 Å². The first kappa shape index (κ1) is 9.62. The van der Waals surface area contributed by atoms with Crippen LogP contribution in [0.2, 0.25) is 5.02 Å². The number of aromatic hydroxyl groups is 1. The van der Waals surface area contributed by atoms with Gasteiger partial charge in [-0.05, 0) is 25.1 Å². The van der Waals surface area contributed by atoms with Gasteiger partial charge in [0.05, 0.1) is 6.61 Å². The zero-order chi connectivity index (χ0) is 10.1. The van der Waals surface area contributed by atoms with E-state index in [-0.39, 0.29) is 5.06 Å². The highest BCUT2D eigenvalue weighted by Gasteiger charge is 2.09. The molecule has 2 rings (SSSR count). The molecular weight excluding hydrogens is 220 g/mol. The molecule has 2 aromatic rings. The second-order valence-corrected chi connectivity index (χ2v) is 4.22. The first-order chi connectivity index (χ1) is 6.72. The third kappa shape index (κ3) is 1.53. The Labute approximate surface area is 90.7 Å². The predicted molar refractivity (Wildman–Crippen MR) is 59.7 cm³/mol. The van der Waals surface area contributed by atoms with Gasteiger partial charge < -0.3 is 9.84 Å². The molecule has 4 heteroatoms. The van der Waals surface area contributed by atoms with Gasteiger partial charge in [0.15, 0.2) is 5.06 Å². The quantitative estimate of drug-likeness (QED) is 0.850. The molecule has 0 aliphatic rings. The molecule has 74 valence electrons. The molecule has 0 saturated carbocycles. The zero-order valence-corrected chi connectivity index (χ0v) is 9.15. The summed E-state index contributed by atoms with van der Waals surface area (Å²) in [6.07, 6.45) is 0. The molecule has 0 fully saturated rings. The van der Waals surface area contributed by atoms with E-state index in [9.17, 15) is 5.11 Å². The molecule has 0 unspecified atom stereocenters. The van der Waals surface area contributed by atoms with Gasteiger partial charge in [-0.1, -0.05) is 22.9 Å². The highest BCUT2D eigenvalue weighted by Crippen LogP contribution is 2.41. The van der Waals surface area contributed by atoms with Gasteiger partial charge >= 0.3 is 0 Å². The fourth-order valence-electron chi connectivity index (χ4n) is 1.29. The molecule has 0 saturated heterocycles. The van der Waals surface area contributed by atoms with E-state index in [4.69, 9.17) is 16.3 Å². The summed E-state index contributed by atoms with van der Waals surface area (Å²) < 4.78 is 6.31. The van der Waals surface area contributed by atoms with Crippen LogP contribution in [0.25, 0.3) is 10.1 Å². The van der Waals surface area contributed by atoms with E-state index in [2.05, 4.69) is 0 Å². The third-order valence-corrected chi connectivity index (χ3v) is 3.36. The van der Waals surface area contributed by atoms with E-state index >= 15 is 0 Å². The van der Waals surface area contributed by atoms with Crippen LogP contribution >= 0.6 is 22.9 Å². The third-order valence-electron chi connectivity index (χ3n) is 1.89. The molecule has 0 radical (unpaired) electrons. The molecule has 0 aliphatic carbocycles. The molecule has 0 amide bonds. The number of hydrogen-bond acceptors (Lipinski definition) is 3. The van der Waals surface area contributed by atoms with Gasteiger partial charge in [0.25, 0.3) is 0 Å². The summed E-state index contributed by atoms with van der Waals surface area (Å²) in [6, 6.07) is 5.62. The van der Waals surface area contributed by atoms with Crippen molar-refractivity contribution in [1.82, 2.24) is 0 Å². The fourth-order valence-corrected chi connectivity index (χ4v) is 2.43. The Hall–Kier alpha value is -0.930. The van der Waals surface area contributed by atoms with Gasteiger partial charge in [0.1, 0.15) is 10.8 Å². The van der Waals surface area contributed by atoms with Crippen LogP contribution in [-0.2, 0) is 0 Å². The van der Waals surface area contributed by atoms with E-state index in [1.165, 1.54) is 11.3 Å². The molecule has 1 aromatic heterocycles. The zero-order valence-electron chi connectivity index (χ0n) is 7.58. The average Bonchev–Trinajstić information content (AvgIpc) is 2.45. The molecule has 2 nitrogen and oxygen atoms in total. The summed E-state index contributed by atoms with van der Waals surface area (Å²) in [5.74, 6) is 0.778. The minimum Gasteiger partial charge on any atom is -0.498 e. The Balaban J connectivity index is 2.58. The Morgan fingerprint density at radius 1 is 1.50 bits per heavy atom. The molecule has 0 atom stereocenters. The van der Waals surface area contributed by atoms with Gasteiger partial charge in [-0.3, -0.25) is 0 Å². The number of fused-ring (bicyclic) bond motifs is 1. The highest BCUT2D eigenvalue weighted by molar-refractivity contribution is 7.21. The molecule has 1 heterocycles. The van der Waals surface area contributed by atoms with Crippen molar-refractivity contribution < 1.29 is 9.84 Å². The van der Waals surface area contributed by atoms with Crippen LogP contribution in [0.4, 0.5) is 0 Å². The van der Waals surface area contributed by atoms with E-state index in [1.54, 1.807) is 0 Å². The summed E-state index contributed by atoms with van der Waals surface area (Å²) in [6.45, 7) is 2.55. The molecular formula is C10H9ClO2S. The summed E-state index contributed by atoms with van der Waals surface area (Å²) in [5, 5.41) is 10.8. The summed E-state index contributed by atoms with van der Waals surface area (Å²) in [5.41, 5.74) is 0. The van der Waals surface area contributed by atoms with Crippen molar-refractivity contribution in [2.75, 3.05) is 6.61 Å². The molecule has 1 aromatic carbocycles. The lowest BCUT2D eigenvalue weighted by Gasteiger charge is -2.01. The van der Waals surface area contributed by atoms with Gasteiger partial charge in [-0.25, -0.2) is 0 Å². The Morgan fingerprint density at radius 2 is 2.29 bits per heavy atom. The molecule has 0 spiro atoms. The van der Waals surface area contributed by atoms with Crippen molar-refractivity contribution in [2.45, 2.75) is 6.92 Å². The van der Waals surface area contributed by atoms with Crippen LogP contribution in [0.1, 0.15) is 6.92 Å². The first-order valence-corrected chi connectivity index (χ1v) is 5.45. The minimum absolute atomic E-state index is 0.162. The smallest absolute Gasteiger partial charge is 0.191 e. The summed E-state index contributed by atoms with van der Waals surface area (Å²) >= 11 is 7.19. The van der Waals surface area contributed by atoms with Crippen molar-refractivity contribution in [1.29, 1.82) is 0 Å². The topological polar surface area (TPSA) is 29.5 Å². The standard InChI is InChI=1S/C10H9ClO2S/c1-2-13-6-3-4-8-7(5-6)9(11)10(12)14-8/h3-5,12H,2H2,1H3. The SMILES string of the molecule is CCOc1ccc2sc(O)c(Cl)c2c1. The second-order valence-electron chi connectivity index (χ2n) is 2.81. The van der Waals surface area contributed by atoms with E-state index in [0.29, 0.717) is 11.6 Å².